The molecule has 0 unspecified atom stereocenters. The Hall–Kier alpha value is -1.78. The smallest absolute Gasteiger partial charge is 0.0815 e. The molecule has 1 fully saturated rings. The van der Waals surface area contributed by atoms with E-state index < -0.39 is 0 Å². The lowest BCUT2D eigenvalue weighted by Gasteiger charge is -2.08. The van der Waals surface area contributed by atoms with Crippen molar-refractivity contribution in [2.75, 3.05) is 5.32 Å². The molecule has 2 aromatic heterocycles. The summed E-state index contributed by atoms with van der Waals surface area (Å²) in [4.78, 5) is 0. The molecular formula is C14H21N5. The Morgan fingerprint density at radius 2 is 2.21 bits per heavy atom. The molecule has 1 aliphatic rings. The summed E-state index contributed by atoms with van der Waals surface area (Å²) >= 11 is 0. The van der Waals surface area contributed by atoms with Crippen LogP contribution in [0.5, 0.6) is 0 Å². The fourth-order valence-electron chi connectivity index (χ4n) is 2.66. The first-order valence-electron chi connectivity index (χ1n) is 7.15. The van der Waals surface area contributed by atoms with Gasteiger partial charge in [0, 0.05) is 18.9 Å². The van der Waals surface area contributed by atoms with E-state index in [2.05, 4.69) is 39.4 Å². The first kappa shape index (κ1) is 12.3. The summed E-state index contributed by atoms with van der Waals surface area (Å²) in [6.45, 7) is 3.76. The quantitative estimate of drug-likeness (QED) is 0.898. The number of hydrogen-bond donors (Lipinski definition) is 1. The van der Waals surface area contributed by atoms with Crippen LogP contribution in [0, 0.1) is 0 Å². The molecule has 0 radical (unpaired) electrons. The summed E-state index contributed by atoms with van der Waals surface area (Å²) in [5.41, 5.74) is 2.15. The van der Waals surface area contributed by atoms with Gasteiger partial charge in [0.25, 0.3) is 0 Å². The second-order valence-electron chi connectivity index (χ2n) is 5.16. The van der Waals surface area contributed by atoms with Gasteiger partial charge in [-0.1, -0.05) is 12.8 Å². The molecule has 0 atom stereocenters. The summed E-state index contributed by atoms with van der Waals surface area (Å²) in [6, 6.07) is 2.66. The molecule has 1 N–H and O–H groups in total. The van der Waals surface area contributed by atoms with E-state index in [0.29, 0.717) is 6.04 Å². The number of aromatic nitrogens is 4. The molecule has 3 rings (SSSR count). The summed E-state index contributed by atoms with van der Waals surface area (Å²) in [6.07, 6.45) is 11.2. The molecule has 19 heavy (non-hydrogen) atoms. The Balaban J connectivity index is 1.57. The average molecular weight is 259 g/mol. The highest BCUT2D eigenvalue weighted by Crippen LogP contribution is 2.29. The summed E-state index contributed by atoms with van der Waals surface area (Å²) in [7, 11) is 0. The lowest BCUT2D eigenvalue weighted by Crippen LogP contribution is -2.05. The van der Waals surface area contributed by atoms with Gasteiger partial charge in [0.1, 0.15) is 0 Å². The van der Waals surface area contributed by atoms with Crippen molar-refractivity contribution in [1.82, 2.24) is 19.6 Å². The third-order valence-corrected chi connectivity index (χ3v) is 3.79. The van der Waals surface area contributed by atoms with Gasteiger partial charge in [-0.2, -0.15) is 10.2 Å². The van der Waals surface area contributed by atoms with Crippen molar-refractivity contribution in [2.24, 2.45) is 0 Å². The SMILES string of the molecule is CCn1ccc(CNc2cnn(C3CCCC3)c2)n1. The molecule has 2 heterocycles. The third kappa shape index (κ3) is 2.80. The molecule has 2 aromatic rings. The molecule has 5 heteroatoms. The monoisotopic (exact) mass is 259 g/mol. The number of nitrogens with one attached hydrogen (secondary N) is 1. The minimum atomic E-state index is 0.606. The third-order valence-electron chi connectivity index (χ3n) is 3.79. The van der Waals surface area contributed by atoms with Crippen LogP contribution in [0.25, 0.3) is 0 Å². The Morgan fingerprint density at radius 3 is 2.95 bits per heavy atom. The van der Waals surface area contributed by atoms with E-state index >= 15 is 0 Å². The van der Waals surface area contributed by atoms with Crippen LogP contribution in [-0.4, -0.2) is 19.6 Å². The van der Waals surface area contributed by atoms with Crippen LogP contribution in [0.1, 0.15) is 44.3 Å². The van der Waals surface area contributed by atoms with Gasteiger partial charge in [-0.05, 0) is 25.8 Å². The first-order valence-corrected chi connectivity index (χ1v) is 7.15. The summed E-state index contributed by atoms with van der Waals surface area (Å²) in [5.74, 6) is 0. The van der Waals surface area contributed by atoms with Crippen molar-refractivity contribution in [2.45, 2.75) is 51.7 Å². The fourth-order valence-corrected chi connectivity index (χ4v) is 2.66. The van der Waals surface area contributed by atoms with Gasteiger partial charge < -0.3 is 5.32 Å². The van der Waals surface area contributed by atoms with E-state index in [9.17, 15) is 0 Å². The van der Waals surface area contributed by atoms with E-state index in [1.54, 1.807) is 0 Å². The van der Waals surface area contributed by atoms with Crippen LogP contribution in [0.2, 0.25) is 0 Å². The van der Waals surface area contributed by atoms with Gasteiger partial charge in [-0.25, -0.2) is 0 Å². The zero-order valence-electron chi connectivity index (χ0n) is 11.4. The zero-order valence-corrected chi connectivity index (χ0v) is 11.4. The molecule has 5 nitrogen and oxygen atoms in total. The largest absolute Gasteiger partial charge is 0.377 e. The topological polar surface area (TPSA) is 47.7 Å². The number of anilines is 1. The van der Waals surface area contributed by atoms with E-state index in [1.807, 2.05) is 17.1 Å². The molecule has 1 saturated carbocycles. The maximum Gasteiger partial charge on any atom is 0.0815 e. The number of aryl methyl sites for hydroxylation is 1. The van der Waals surface area contributed by atoms with Crippen LogP contribution in [-0.2, 0) is 13.1 Å². The van der Waals surface area contributed by atoms with E-state index in [0.717, 1.165) is 24.5 Å². The minimum Gasteiger partial charge on any atom is -0.377 e. The van der Waals surface area contributed by atoms with Crippen molar-refractivity contribution in [3.05, 3.63) is 30.4 Å². The van der Waals surface area contributed by atoms with E-state index in [1.165, 1.54) is 25.7 Å². The highest BCUT2D eigenvalue weighted by Gasteiger charge is 2.17. The normalized spacial score (nSPS) is 16.1. The van der Waals surface area contributed by atoms with Crippen LogP contribution >= 0.6 is 0 Å². The van der Waals surface area contributed by atoms with Crippen LogP contribution in [0.15, 0.2) is 24.7 Å². The number of hydrogen-bond acceptors (Lipinski definition) is 3. The van der Waals surface area contributed by atoms with Gasteiger partial charge in [-0.15, -0.1) is 0 Å². The average Bonchev–Trinajstić information content (AvgIpc) is 3.16. The van der Waals surface area contributed by atoms with Gasteiger partial charge in [0.05, 0.1) is 30.2 Å². The highest BCUT2D eigenvalue weighted by atomic mass is 15.3. The lowest BCUT2D eigenvalue weighted by molar-refractivity contribution is 0.467. The molecule has 0 aliphatic heterocycles. The summed E-state index contributed by atoms with van der Waals surface area (Å²) < 4.78 is 4.05. The van der Waals surface area contributed by atoms with Gasteiger partial charge in [0.2, 0.25) is 0 Å². The second kappa shape index (κ2) is 5.47. The van der Waals surface area contributed by atoms with E-state index in [4.69, 9.17) is 0 Å². The summed E-state index contributed by atoms with van der Waals surface area (Å²) in [5, 5.41) is 12.3. The molecule has 1 aliphatic carbocycles. The van der Waals surface area contributed by atoms with Gasteiger partial charge in [0.15, 0.2) is 0 Å². The molecule has 102 valence electrons. The molecule has 0 spiro atoms. The first-order chi connectivity index (χ1) is 9.35. The van der Waals surface area contributed by atoms with Crippen LogP contribution in [0.4, 0.5) is 5.69 Å². The van der Waals surface area contributed by atoms with Crippen molar-refractivity contribution in [1.29, 1.82) is 0 Å². The van der Waals surface area contributed by atoms with Crippen molar-refractivity contribution in [3.8, 4) is 0 Å². The van der Waals surface area contributed by atoms with E-state index in [-0.39, 0.29) is 0 Å². The maximum atomic E-state index is 4.46. The predicted octanol–water partition coefficient (Wildman–Crippen LogP) is 2.83. The Kier molecular flexibility index (Phi) is 3.53. The second-order valence-corrected chi connectivity index (χ2v) is 5.16. The van der Waals surface area contributed by atoms with Gasteiger partial charge >= 0.3 is 0 Å². The highest BCUT2D eigenvalue weighted by molar-refractivity contribution is 5.38. The standard InChI is InChI=1S/C14H21N5/c1-2-18-8-7-12(17-18)9-15-13-10-16-19(11-13)14-5-3-4-6-14/h7-8,10-11,14-15H,2-6,9H2,1H3. The minimum absolute atomic E-state index is 0.606. The zero-order chi connectivity index (χ0) is 13.1. The number of nitrogens with zero attached hydrogens (tertiary/aromatic N) is 4. The van der Waals surface area contributed by atoms with Gasteiger partial charge in [-0.3, -0.25) is 9.36 Å². The number of rotatable bonds is 5. The van der Waals surface area contributed by atoms with Crippen LogP contribution < -0.4 is 5.32 Å². The Labute approximate surface area is 113 Å². The predicted molar refractivity (Wildman–Crippen MR) is 75.0 cm³/mol. The van der Waals surface area contributed by atoms with Crippen molar-refractivity contribution in [3.63, 3.8) is 0 Å². The molecular weight excluding hydrogens is 238 g/mol. The van der Waals surface area contributed by atoms with Crippen molar-refractivity contribution >= 4 is 5.69 Å². The van der Waals surface area contributed by atoms with Crippen molar-refractivity contribution < 1.29 is 0 Å². The Morgan fingerprint density at radius 1 is 1.37 bits per heavy atom. The molecule has 0 amide bonds. The Bertz CT molecular complexity index is 521. The van der Waals surface area contributed by atoms with Crippen LogP contribution in [0.3, 0.4) is 0 Å². The molecule has 0 aromatic carbocycles. The maximum absolute atomic E-state index is 4.46. The molecule has 0 saturated heterocycles. The fraction of sp³-hybridized carbons (Fsp3) is 0.571. The molecule has 0 bridgehead atoms. The lowest BCUT2D eigenvalue weighted by atomic mass is 10.3.